The van der Waals surface area contributed by atoms with Gasteiger partial charge in [-0.25, -0.2) is 24.1 Å². The van der Waals surface area contributed by atoms with E-state index in [1.54, 1.807) is 56.6 Å². The van der Waals surface area contributed by atoms with E-state index in [2.05, 4.69) is 15.0 Å². The van der Waals surface area contributed by atoms with Crippen LogP contribution in [0.4, 0.5) is 5.69 Å². The van der Waals surface area contributed by atoms with Crippen LogP contribution in [0, 0.1) is 12.8 Å². The molecular formula is C28H29N5O6. The topological polar surface area (TPSA) is 130 Å². The predicted molar refractivity (Wildman–Crippen MR) is 143 cm³/mol. The molecule has 0 radical (unpaired) electrons. The maximum atomic E-state index is 13.5. The number of pyridine rings is 1. The van der Waals surface area contributed by atoms with Gasteiger partial charge < -0.3 is 14.2 Å². The molecule has 0 spiro atoms. The summed E-state index contributed by atoms with van der Waals surface area (Å²) in [5.74, 6) is 0.320. The summed E-state index contributed by atoms with van der Waals surface area (Å²) in [6.07, 6.45) is 1.55. The first kappa shape index (κ1) is 27.1. The normalized spacial score (nSPS) is 12.2. The van der Waals surface area contributed by atoms with E-state index in [0.717, 1.165) is 15.7 Å². The highest BCUT2D eigenvalue weighted by atomic mass is 16.5. The van der Waals surface area contributed by atoms with Crippen LogP contribution in [-0.4, -0.2) is 39.3 Å². The zero-order valence-electron chi connectivity index (χ0n) is 22.1. The predicted octanol–water partition coefficient (Wildman–Crippen LogP) is 2.93. The van der Waals surface area contributed by atoms with Gasteiger partial charge in [0.2, 0.25) is 11.5 Å². The van der Waals surface area contributed by atoms with Crippen LogP contribution < -0.4 is 26.5 Å². The van der Waals surface area contributed by atoms with Gasteiger partial charge in [-0.1, -0.05) is 36.8 Å². The number of carbonyl (C=O) groups excluding carboxylic acids is 1. The number of aromatic amines is 1. The molecule has 4 rings (SSSR count). The minimum absolute atomic E-state index is 0.0676. The van der Waals surface area contributed by atoms with Crippen LogP contribution in [0.1, 0.15) is 18.1 Å². The van der Waals surface area contributed by atoms with Gasteiger partial charge in [0.05, 0.1) is 38.6 Å². The molecule has 0 bridgehead atoms. The zero-order valence-corrected chi connectivity index (χ0v) is 22.1. The summed E-state index contributed by atoms with van der Waals surface area (Å²) in [4.78, 5) is 49.7. The number of hydrogen-bond donors (Lipinski definition) is 1. The Balaban J connectivity index is 1.70. The van der Waals surface area contributed by atoms with E-state index >= 15 is 0 Å². The second kappa shape index (κ2) is 12.1. The van der Waals surface area contributed by atoms with Crippen molar-refractivity contribution in [3.63, 3.8) is 0 Å². The summed E-state index contributed by atoms with van der Waals surface area (Å²) in [6.45, 7) is 3.58. The quantitative estimate of drug-likeness (QED) is 0.329. The number of H-pyrrole nitrogens is 1. The Labute approximate surface area is 224 Å². The lowest BCUT2D eigenvalue weighted by Crippen LogP contribution is -2.51. The SMILES string of the molecule is COC(=O)[C@@H](C)Cn1c(=O)[nH]/c(=N\c2ccc(Oc3ccc(OC)cn3)cc2)n(Cc2ccc(C)cc2)c1=O. The molecule has 11 nitrogen and oxygen atoms in total. The fourth-order valence-corrected chi connectivity index (χ4v) is 3.75. The number of methoxy groups -OCH3 is 2. The lowest BCUT2D eigenvalue weighted by molar-refractivity contribution is -0.145. The molecule has 4 aromatic rings. The standard InChI is InChI=1S/C28H29N5O6/c1-18-5-7-20(8-6-18)17-32-26(31-27(35)33(28(32)36)16-19(2)25(34)38-4)30-21-9-11-22(12-10-21)39-24-14-13-23(37-3)15-29-24/h5-15,19H,16-17H2,1-4H3,(H,30,31,35)/t19-/m0/s1. The van der Waals surface area contributed by atoms with Crippen molar-refractivity contribution in [2.45, 2.75) is 26.9 Å². The molecule has 0 saturated heterocycles. The van der Waals surface area contributed by atoms with E-state index in [9.17, 15) is 14.4 Å². The van der Waals surface area contributed by atoms with Crippen LogP contribution in [0.3, 0.4) is 0 Å². The molecule has 11 heteroatoms. The van der Waals surface area contributed by atoms with E-state index in [1.165, 1.54) is 11.7 Å². The number of aryl methyl sites for hydroxylation is 1. The van der Waals surface area contributed by atoms with E-state index in [1.807, 2.05) is 31.2 Å². The molecule has 1 atom stereocenters. The minimum Gasteiger partial charge on any atom is -0.495 e. The van der Waals surface area contributed by atoms with E-state index in [-0.39, 0.29) is 18.7 Å². The van der Waals surface area contributed by atoms with Crippen LogP contribution in [0.15, 0.2) is 81.4 Å². The minimum atomic E-state index is -0.697. The molecule has 0 amide bonds. The second-order valence-corrected chi connectivity index (χ2v) is 8.89. The molecule has 2 aromatic heterocycles. The number of rotatable bonds is 9. The van der Waals surface area contributed by atoms with Gasteiger partial charge >= 0.3 is 17.3 Å². The Kier molecular flexibility index (Phi) is 8.40. The summed E-state index contributed by atoms with van der Waals surface area (Å²) in [5.41, 5.74) is 1.19. The summed E-state index contributed by atoms with van der Waals surface area (Å²) < 4.78 is 17.9. The Morgan fingerprint density at radius 2 is 1.67 bits per heavy atom. The van der Waals surface area contributed by atoms with Crippen molar-refractivity contribution in [3.8, 4) is 17.4 Å². The van der Waals surface area contributed by atoms with Crippen LogP contribution in [0.2, 0.25) is 0 Å². The molecular weight excluding hydrogens is 502 g/mol. The van der Waals surface area contributed by atoms with Gasteiger partial charge in [-0.05, 0) is 42.8 Å². The molecule has 39 heavy (non-hydrogen) atoms. The number of carbonyl (C=O) groups is 1. The molecule has 0 unspecified atom stereocenters. The van der Waals surface area contributed by atoms with Gasteiger partial charge in [-0.15, -0.1) is 0 Å². The first-order chi connectivity index (χ1) is 18.8. The number of aromatic nitrogens is 4. The van der Waals surface area contributed by atoms with Crippen molar-refractivity contribution in [3.05, 3.63) is 105 Å². The third-order valence-electron chi connectivity index (χ3n) is 5.94. The maximum Gasteiger partial charge on any atom is 0.335 e. The number of esters is 1. The van der Waals surface area contributed by atoms with Crippen LogP contribution in [-0.2, 0) is 22.6 Å². The van der Waals surface area contributed by atoms with Crippen LogP contribution in [0.25, 0.3) is 0 Å². The lowest BCUT2D eigenvalue weighted by atomic mass is 10.1. The molecule has 0 aliphatic heterocycles. The van der Waals surface area contributed by atoms with Crippen LogP contribution in [0.5, 0.6) is 17.4 Å². The van der Waals surface area contributed by atoms with Gasteiger partial charge in [0.1, 0.15) is 11.5 Å². The van der Waals surface area contributed by atoms with Gasteiger partial charge in [0.25, 0.3) is 0 Å². The number of ether oxygens (including phenoxy) is 3. The Hall–Kier alpha value is -4.93. The molecule has 0 aliphatic carbocycles. The average Bonchev–Trinajstić information content (AvgIpc) is 2.95. The highest BCUT2D eigenvalue weighted by Crippen LogP contribution is 2.23. The van der Waals surface area contributed by atoms with Crippen molar-refractivity contribution in [1.82, 2.24) is 19.1 Å². The number of nitrogens with one attached hydrogen (secondary N) is 1. The maximum absolute atomic E-state index is 13.5. The van der Waals surface area contributed by atoms with Crippen molar-refractivity contribution in [2.75, 3.05) is 14.2 Å². The van der Waals surface area contributed by atoms with Gasteiger partial charge in [0.15, 0.2) is 0 Å². The fourth-order valence-electron chi connectivity index (χ4n) is 3.75. The van der Waals surface area contributed by atoms with Crippen LogP contribution >= 0.6 is 0 Å². The van der Waals surface area contributed by atoms with Gasteiger partial charge in [-0.3, -0.25) is 14.3 Å². The van der Waals surface area contributed by atoms with Crippen molar-refractivity contribution in [2.24, 2.45) is 10.9 Å². The van der Waals surface area contributed by atoms with Crippen molar-refractivity contribution >= 4 is 11.7 Å². The Morgan fingerprint density at radius 3 is 2.28 bits per heavy atom. The molecule has 2 aromatic carbocycles. The zero-order chi connectivity index (χ0) is 27.9. The third-order valence-corrected chi connectivity index (χ3v) is 5.94. The largest absolute Gasteiger partial charge is 0.495 e. The summed E-state index contributed by atoms with van der Waals surface area (Å²) in [6, 6.07) is 17.9. The van der Waals surface area contributed by atoms with E-state index < -0.39 is 23.3 Å². The number of nitrogens with zero attached hydrogens (tertiary/aromatic N) is 4. The Bertz CT molecular complexity index is 1620. The smallest absolute Gasteiger partial charge is 0.335 e. The number of benzene rings is 2. The number of hydrogen-bond acceptors (Lipinski definition) is 8. The Morgan fingerprint density at radius 1 is 0.974 bits per heavy atom. The monoisotopic (exact) mass is 531 g/mol. The molecule has 0 fully saturated rings. The van der Waals surface area contributed by atoms with Crippen molar-refractivity contribution < 1.29 is 19.0 Å². The fraction of sp³-hybridized carbons (Fsp3) is 0.250. The van der Waals surface area contributed by atoms with E-state index in [4.69, 9.17) is 14.2 Å². The highest BCUT2D eigenvalue weighted by molar-refractivity contribution is 5.71. The molecule has 0 saturated carbocycles. The molecule has 0 aliphatic rings. The molecule has 2 heterocycles. The summed E-state index contributed by atoms with van der Waals surface area (Å²) in [5, 5.41) is 0. The van der Waals surface area contributed by atoms with E-state index in [0.29, 0.717) is 23.1 Å². The molecule has 202 valence electrons. The van der Waals surface area contributed by atoms with Gasteiger partial charge in [-0.2, -0.15) is 0 Å². The third kappa shape index (κ3) is 6.69. The first-order valence-corrected chi connectivity index (χ1v) is 12.2. The molecule has 1 N–H and O–H groups in total. The summed E-state index contributed by atoms with van der Waals surface area (Å²) >= 11 is 0. The second-order valence-electron chi connectivity index (χ2n) is 8.89. The average molecular weight is 532 g/mol. The first-order valence-electron chi connectivity index (χ1n) is 12.2. The van der Waals surface area contributed by atoms with Crippen molar-refractivity contribution in [1.29, 1.82) is 0 Å². The summed E-state index contributed by atoms with van der Waals surface area (Å²) in [7, 11) is 2.82. The highest BCUT2D eigenvalue weighted by Gasteiger charge is 2.18. The lowest BCUT2D eigenvalue weighted by Gasteiger charge is -2.14. The van der Waals surface area contributed by atoms with Gasteiger partial charge in [0, 0.05) is 12.6 Å².